The van der Waals surface area contributed by atoms with Crippen LogP contribution in [0.2, 0.25) is 0 Å². The van der Waals surface area contributed by atoms with Gasteiger partial charge in [-0.25, -0.2) is 4.79 Å². The van der Waals surface area contributed by atoms with Crippen molar-refractivity contribution < 1.29 is 18.7 Å². The van der Waals surface area contributed by atoms with Crippen LogP contribution in [0.3, 0.4) is 0 Å². The van der Waals surface area contributed by atoms with E-state index in [2.05, 4.69) is 10.6 Å². The molecule has 2 aromatic carbocycles. The maximum atomic E-state index is 12.5. The molecule has 6 heteroatoms. The van der Waals surface area contributed by atoms with Crippen molar-refractivity contribution in [3.63, 3.8) is 0 Å². The third-order valence-electron chi connectivity index (χ3n) is 3.87. The first-order chi connectivity index (χ1) is 13.1. The van der Waals surface area contributed by atoms with Crippen LogP contribution in [0.1, 0.15) is 23.0 Å². The van der Waals surface area contributed by atoms with E-state index in [4.69, 9.17) is 9.15 Å². The van der Waals surface area contributed by atoms with Crippen LogP contribution < -0.4 is 10.6 Å². The lowest BCUT2D eigenvalue weighted by molar-refractivity contribution is -0.123. The van der Waals surface area contributed by atoms with Crippen molar-refractivity contribution in [2.45, 2.75) is 19.6 Å². The van der Waals surface area contributed by atoms with Crippen molar-refractivity contribution in [3.8, 4) is 0 Å². The number of amides is 1. The van der Waals surface area contributed by atoms with Crippen LogP contribution >= 0.6 is 0 Å². The van der Waals surface area contributed by atoms with Gasteiger partial charge in [0.2, 0.25) is 0 Å². The highest BCUT2D eigenvalue weighted by molar-refractivity contribution is 5.99. The zero-order chi connectivity index (χ0) is 19.1. The maximum Gasteiger partial charge on any atom is 0.341 e. The Morgan fingerprint density at radius 2 is 1.74 bits per heavy atom. The fraction of sp³-hybridized carbons (Fsp3) is 0.143. The number of benzene rings is 2. The first-order valence-electron chi connectivity index (χ1n) is 8.55. The molecule has 2 N–H and O–H groups in total. The van der Waals surface area contributed by atoms with Crippen LogP contribution in [-0.2, 0) is 16.1 Å². The third kappa shape index (κ3) is 4.98. The minimum atomic E-state index is -0.934. The van der Waals surface area contributed by atoms with E-state index >= 15 is 0 Å². The van der Waals surface area contributed by atoms with Gasteiger partial charge in [-0.05, 0) is 43.3 Å². The van der Waals surface area contributed by atoms with E-state index in [0.29, 0.717) is 23.5 Å². The Balaban J connectivity index is 1.62. The number of carbonyl (C=O) groups excluding carboxylic acids is 2. The SMILES string of the molecule is C[C@H](OC(=O)c1ccccc1NCc1ccco1)C(=O)Nc1ccccc1. The monoisotopic (exact) mass is 364 g/mol. The molecule has 0 aliphatic rings. The lowest BCUT2D eigenvalue weighted by Gasteiger charge is -2.15. The lowest BCUT2D eigenvalue weighted by atomic mass is 10.1. The molecule has 1 atom stereocenters. The highest BCUT2D eigenvalue weighted by Crippen LogP contribution is 2.18. The zero-order valence-corrected chi connectivity index (χ0v) is 14.8. The fourth-order valence-electron chi connectivity index (χ4n) is 2.45. The summed E-state index contributed by atoms with van der Waals surface area (Å²) in [6, 6.07) is 19.6. The van der Waals surface area contributed by atoms with Gasteiger partial charge in [0.15, 0.2) is 6.10 Å². The van der Waals surface area contributed by atoms with Crippen LogP contribution in [0.4, 0.5) is 11.4 Å². The standard InChI is InChI=1S/C21H20N2O4/c1-15(20(24)23-16-8-3-2-4-9-16)27-21(25)18-11-5-6-12-19(18)22-14-17-10-7-13-26-17/h2-13,15,22H,14H2,1H3,(H,23,24)/t15-/m0/s1. The number of nitrogens with one attached hydrogen (secondary N) is 2. The highest BCUT2D eigenvalue weighted by atomic mass is 16.5. The van der Waals surface area contributed by atoms with Crippen molar-refractivity contribution in [1.82, 2.24) is 0 Å². The molecule has 0 aliphatic carbocycles. The second kappa shape index (κ2) is 8.71. The first-order valence-corrected chi connectivity index (χ1v) is 8.55. The van der Waals surface area contributed by atoms with E-state index in [9.17, 15) is 9.59 Å². The summed E-state index contributed by atoms with van der Waals surface area (Å²) in [7, 11) is 0. The number of ether oxygens (including phenoxy) is 1. The van der Waals surface area contributed by atoms with Crippen molar-refractivity contribution >= 4 is 23.3 Å². The van der Waals surface area contributed by atoms with Gasteiger partial charge in [0, 0.05) is 11.4 Å². The summed E-state index contributed by atoms with van der Waals surface area (Å²) in [6.45, 7) is 1.97. The lowest BCUT2D eigenvalue weighted by Crippen LogP contribution is -2.30. The summed E-state index contributed by atoms with van der Waals surface area (Å²) in [4.78, 5) is 24.8. The summed E-state index contributed by atoms with van der Waals surface area (Å²) in [5, 5.41) is 5.86. The van der Waals surface area contributed by atoms with Crippen LogP contribution in [0.5, 0.6) is 0 Å². The minimum Gasteiger partial charge on any atom is -0.467 e. The normalized spacial score (nSPS) is 11.4. The molecule has 0 aliphatic heterocycles. The quantitative estimate of drug-likeness (QED) is 0.618. The average molecular weight is 364 g/mol. The summed E-state index contributed by atoms with van der Waals surface area (Å²) in [5.41, 5.74) is 1.60. The molecule has 0 fully saturated rings. The molecule has 1 amide bonds. The van der Waals surface area contributed by atoms with Gasteiger partial charge in [-0.3, -0.25) is 4.79 Å². The molecular weight excluding hydrogens is 344 g/mol. The van der Waals surface area contributed by atoms with Gasteiger partial charge < -0.3 is 19.8 Å². The molecule has 0 radical (unpaired) electrons. The van der Waals surface area contributed by atoms with Crippen molar-refractivity contribution in [3.05, 3.63) is 84.3 Å². The van der Waals surface area contributed by atoms with Gasteiger partial charge in [-0.2, -0.15) is 0 Å². The minimum absolute atomic E-state index is 0.350. The van der Waals surface area contributed by atoms with Crippen molar-refractivity contribution in [2.75, 3.05) is 10.6 Å². The third-order valence-corrected chi connectivity index (χ3v) is 3.87. The number of hydrogen-bond donors (Lipinski definition) is 2. The number of para-hydroxylation sites is 2. The molecular formula is C21H20N2O4. The van der Waals surface area contributed by atoms with E-state index in [1.165, 1.54) is 6.92 Å². The molecule has 0 saturated heterocycles. The molecule has 0 bridgehead atoms. The summed E-state index contributed by atoms with van der Waals surface area (Å²) in [5.74, 6) is -0.224. The van der Waals surface area contributed by atoms with Gasteiger partial charge in [-0.1, -0.05) is 30.3 Å². The van der Waals surface area contributed by atoms with E-state index in [-0.39, 0.29) is 0 Å². The Morgan fingerprint density at radius 1 is 1.00 bits per heavy atom. The number of anilines is 2. The van der Waals surface area contributed by atoms with Crippen LogP contribution in [0.25, 0.3) is 0 Å². The largest absolute Gasteiger partial charge is 0.467 e. The molecule has 0 unspecified atom stereocenters. The number of rotatable bonds is 7. The van der Waals surface area contributed by atoms with Crippen LogP contribution in [0.15, 0.2) is 77.4 Å². The molecule has 6 nitrogen and oxygen atoms in total. The predicted octanol–water partition coefficient (Wildman–Crippen LogP) is 4.08. The van der Waals surface area contributed by atoms with Gasteiger partial charge in [0.1, 0.15) is 5.76 Å². The maximum absolute atomic E-state index is 12.5. The van der Waals surface area contributed by atoms with Gasteiger partial charge >= 0.3 is 5.97 Å². The van der Waals surface area contributed by atoms with Crippen molar-refractivity contribution in [2.24, 2.45) is 0 Å². The zero-order valence-electron chi connectivity index (χ0n) is 14.8. The Hall–Kier alpha value is -3.54. The molecule has 1 aromatic heterocycles. The molecule has 1 heterocycles. The number of carbonyl (C=O) groups is 2. The van der Waals surface area contributed by atoms with Crippen molar-refractivity contribution in [1.29, 1.82) is 0 Å². The number of furan rings is 1. The molecule has 3 aromatic rings. The van der Waals surface area contributed by atoms with E-state index in [1.54, 1.807) is 42.7 Å². The molecule has 0 saturated carbocycles. The summed E-state index contributed by atoms with van der Waals surface area (Å²) in [6.07, 6.45) is 0.653. The smallest absolute Gasteiger partial charge is 0.341 e. The van der Waals surface area contributed by atoms with E-state index < -0.39 is 18.0 Å². The molecule has 0 spiro atoms. The number of esters is 1. The second-order valence-electron chi connectivity index (χ2n) is 5.88. The Bertz CT molecular complexity index is 892. The van der Waals surface area contributed by atoms with Gasteiger partial charge in [0.25, 0.3) is 5.91 Å². The topological polar surface area (TPSA) is 80.6 Å². The molecule has 3 rings (SSSR count). The van der Waals surface area contributed by atoms with E-state index in [1.807, 2.05) is 30.3 Å². The Kier molecular flexibility index (Phi) is 5.89. The summed E-state index contributed by atoms with van der Waals surface area (Å²) < 4.78 is 10.6. The molecule has 27 heavy (non-hydrogen) atoms. The predicted molar refractivity (Wildman–Crippen MR) is 102 cm³/mol. The Labute approximate surface area is 157 Å². The Morgan fingerprint density at radius 3 is 2.48 bits per heavy atom. The fourth-order valence-corrected chi connectivity index (χ4v) is 2.45. The van der Waals surface area contributed by atoms with Crippen LogP contribution in [0, 0.1) is 0 Å². The second-order valence-corrected chi connectivity index (χ2v) is 5.88. The van der Waals surface area contributed by atoms with E-state index in [0.717, 1.165) is 5.76 Å². The van der Waals surface area contributed by atoms with Gasteiger partial charge in [-0.15, -0.1) is 0 Å². The average Bonchev–Trinajstić information content (AvgIpc) is 3.21. The van der Waals surface area contributed by atoms with Gasteiger partial charge in [0.05, 0.1) is 18.4 Å². The molecule has 138 valence electrons. The van der Waals surface area contributed by atoms with Crippen LogP contribution in [-0.4, -0.2) is 18.0 Å². The summed E-state index contributed by atoms with van der Waals surface area (Å²) >= 11 is 0. The number of hydrogen-bond acceptors (Lipinski definition) is 5. The highest BCUT2D eigenvalue weighted by Gasteiger charge is 2.21. The first kappa shape index (κ1) is 18.3.